The molecule has 1 heterocycles. The van der Waals surface area contributed by atoms with Gasteiger partial charge in [-0.25, -0.2) is 0 Å². The number of carbonyl (C=O) groups is 2. The molecule has 1 fully saturated rings. The second kappa shape index (κ2) is 11.1. The van der Waals surface area contributed by atoms with Gasteiger partial charge in [-0.2, -0.15) is 0 Å². The zero-order valence-corrected chi connectivity index (χ0v) is 19.0. The van der Waals surface area contributed by atoms with Crippen LogP contribution in [0.25, 0.3) is 0 Å². The van der Waals surface area contributed by atoms with Crippen LogP contribution in [0.4, 0.5) is 0 Å². The molecular formula is C23H31N5O2S. The highest BCUT2D eigenvalue weighted by molar-refractivity contribution is 7.99. The molecule has 3 atom stereocenters. The third-order valence-corrected chi connectivity index (χ3v) is 6.58. The number of hydrogen-bond acceptors (Lipinski definition) is 5. The number of rotatable bonds is 9. The van der Waals surface area contributed by atoms with Crippen molar-refractivity contribution in [3.63, 3.8) is 0 Å². The van der Waals surface area contributed by atoms with Crippen molar-refractivity contribution in [3.05, 3.63) is 54.4 Å². The van der Waals surface area contributed by atoms with Crippen molar-refractivity contribution in [1.29, 1.82) is 0 Å². The lowest BCUT2D eigenvalue weighted by Gasteiger charge is -2.29. The molecule has 8 heteroatoms. The molecule has 31 heavy (non-hydrogen) atoms. The largest absolute Gasteiger partial charge is 0.352 e. The number of nitrogens with zero attached hydrogens (tertiary/aromatic N) is 3. The zero-order valence-electron chi connectivity index (χ0n) is 18.2. The average Bonchev–Trinajstić information content (AvgIpc) is 3.17. The summed E-state index contributed by atoms with van der Waals surface area (Å²) in [5.74, 6) is 1.28. The predicted molar refractivity (Wildman–Crippen MR) is 123 cm³/mol. The molecule has 1 aromatic heterocycles. The maximum Gasteiger partial charge on any atom is 0.251 e. The van der Waals surface area contributed by atoms with Crippen LogP contribution in [0.5, 0.6) is 0 Å². The fraction of sp³-hybridized carbons (Fsp3) is 0.478. The monoisotopic (exact) mass is 441 g/mol. The van der Waals surface area contributed by atoms with Crippen molar-refractivity contribution in [2.75, 3.05) is 5.75 Å². The molecule has 0 aliphatic heterocycles. The molecule has 2 amide bonds. The Hall–Kier alpha value is -2.61. The van der Waals surface area contributed by atoms with E-state index in [1.54, 1.807) is 18.2 Å². The molecule has 0 bridgehead atoms. The lowest BCUT2D eigenvalue weighted by Crippen LogP contribution is -2.41. The smallest absolute Gasteiger partial charge is 0.251 e. The fourth-order valence-electron chi connectivity index (χ4n) is 3.87. The molecule has 2 N–H and O–H groups in total. The van der Waals surface area contributed by atoms with Crippen LogP contribution in [0.1, 0.15) is 61.8 Å². The summed E-state index contributed by atoms with van der Waals surface area (Å²) in [5.41, 5.74) is 0.590. The Kier molecular flexibility index (Phi) is 8.28. The van der Waals surface area contributed by atoms with E-state index in [4.69, 9.17) is 0 Å². The number of hydrogen-bond donors (Lipinski definition) is 2. The molecular weight excluding hydrogens is 410 g/mol. The minimum absolute atomic E-state index is 0.0175. The Balaban J connectivity index is 1.62. The van der Waals surface area contributed by atoms with Crippen LogP contribution in [-0.4, -0.2) is 38.4 Å². The summed E-state index contributed by atoms with van der Waals surface area (Å²) >= 11 is 1.36. The zero-order chi connectivity index (χ0) is 22.2. The Morgan fingerprint density at radius 1 is 1.26 bits per heavy atom. The molecule has 0 saturated heterocycles. The first-order chi connectivity index (χ1) is 15.0. The number of amides is 2. The van der Waals surface area contributed by atoms with E-state index >= 15 is 0 Å². The van der Waals surface area contributed by atoms with Gasteiger partial charge in [0, 0.05) is 18.2 Å². The molecule has 2 aromatic rings. The van der Waals surface area contributed by atoms with Crippen LogP contribution in [-0.2, 0) is 11.3 Å². The van der Waals surface area contributed by atoms with Gasteiger partial charge >= 0.3 is 0 Å². The lowest BCUT2D eigenvalue weighted by molar-refractivity contribution is -0.119. The van der Waals surface area contributed by atoms with E-state index in [1.807, 2.05) is 29.7 Å². The summed E-state index contributed by atoms with van der Waals surface area (Å²) in [5, 5.41) is 15.3. The molecule has 1 aliphatic rings. The summed E-state index contributed by atoms with van der Waals surface area (Å²) in [6, 6.07) is 8.98. The van der Waals surface area contributed by atoms with Gasteiger partial charge in [-0.1, -0.05) is 55.8 Å². The van der Waals surface area contributed by atoms with Gasteiger partial charge in [0.2, 0.25) is 5.91 Å². The Morgan fingerprint density at radius 2 is 2.00 bits per heavy atom. The number of carbonyl (C=O) groups excluding carboxylic acids is 2. The van der Waals surface area contributed by atoms with Crippen LogP contribution in [0, 0.1) is 5.92 Å². The lowest BCUT2D eigenvalue weighted by atomic mass is 9.86. The summed E-state index contributed by atoms with van der Waals surface area (Å²) in [6.07, 6.45) is 6.39. The van der Waals surface area contributed by atoms with Crippen LogP contribution in [0.2, 0.25) is 0 Å². The van der Waals surface area contributed by atoms with Crippen LogP contribution in [0.3, 0.4) is 0 Å². The fourth-order valence-corrected chi connectivity index (χ4v) is 4.64. The highest BCUT2D eigenvalue weighted by Gasteiger charge is 2.24. The van der Waals surface area contributed by atoms with Crippen molar-refractivity contribution in [2.45, 2.75) is 63.3 Å². The van der Waals surface area contributed by atoms with Crippen molar-refractivity contribution in [2.24, 2.45) is 5.92 Å². The first-order valence-electron chi connectivity index (χ1n) is 10.8. The molecule has 1 aromatic carbocycles. The predicted octanol–water partition coefficient (Wildman–Crippen LogP) is 3.74. The molecule has 7 nitrogen and oxygen atoms in total. The van der Waals surface area contributed by atoms with Gasteiger partial charge < -0.3 is 15.2 Å². The third kappa shape index (κ3) is 6.19. The number of nitrogens with one attached hydrogen (secondary N) is 2. The van der Waals surface area contributed by atoms with Gasteiger partial charge in [-0.3, -0.25) is 9.59 Å². The maximum absolute atomic E-state index is 12.5. The summed E-state index contributed by atoms with van der Waals surface area (Å²) < 4.78 is 1.89. The minimum Gasteiger partial charge on any atom is -0.352 e. The van der Waals surface area contributed by atoms with Crippen molar-refractivity contribution >= 4 is 23.6 Å². The van der Waals surface area contributed by atoms with Gasteiger partial charge in [0.25, 0.3) is 5.91 Å². The standard InChI is InChI=1S/C23H31N5O2S/c1-4-14-28-21(17(3)24-22(30)18-11-6-5-7-12-18)26-27-23(28)31-15-20(29)25-19-13-9-8-10-16(19)2/h4-7,11-12,16-17,19H,1,8-10,13-15H2,2-3H3,(H,24,30)(H,25,29)/t16-,17+,19-/m1/s1. The first kappa shape index (κ1) is 23.1. The van der Waals surface area contributed by atoms with Gasteiger partial charge in [0.1, 0.15) is 0 Å². The molecule has 1 saturated carbocycles. The molecule has 0 radical (unpaired) electrons. The van der Waals surface area contributed by atoms with Gasteiger partial charge in [-0.05, 0) is 37.8 Å². The molecule has 3 rings (SSSR count). The highest BCUT2D eigenvalue weighted by Crippen LogP contribution is 2.25. The van der Waals surface area contributed by atoms with Crippen LogP contribution >= 0.6 is 11.8 Å². The normalized spacial score (nSPS) is 19.4. The Labute approximate surface area is 188 Å². The van der Waals surface area contributed by atoms with E-state index in [9.17, 15) is 9.59 Å². The first-order valence-corrected chi connectivity index (χ1v) is 11.8. The number of allylic oxidation sites excluding steroid dienone is 1. The quantitative estimate of drug-likeness (QED) is 0.457. The Morgan fingerprint density at radius 3 is 2.71 bits per heavy atom. The van der Waals surface area contributed by atoms with E-state index < -0.39 is 0 Å². The minimum atomic E-state index is -0.341. The number of benzene rings is 1. The van der Waals surface area contributed by atoms with E-state index in [1.165, 1.54) is 31.0 Å². The third-order valence-electron chi connectivity index (χ3n) is 5.62. The van der Waals surface area contributed by atoms with Crippen LogP contribution < -0.4 is 10.6 Å². The molecule has 166 valence electrons. The van der Waals surface area contributed by atoms with Gasteiger partial charge in [-0.15, -0.1) is 16.8 Å². The van der Waals surface area contributed by atoms with Gasteiger partial charge in [0.15, 0.2) is 11.0 Å². The summed E-state index contributed by atoms with van der Waals surface area (Å²) in [7, 11) is 0. The van der Waals surface area contributed by atoms with E-state index in [0.717, 1.165) is 6.42 Å². The SMILES string of the molecule is C=CCn1c(SCC(=O)N[C@@H]2CCCC[C@H]2C)nnc1[C@H](C)NC(=O)c1ccccc1. The molecule has 0 unspecified atom stereocenters. The van der Waals surface area contributed by atoms with Crippen molar-refractivity contribution < 1.29 is 9.59 Å². The number of thioether (sulfide) groups is 1. The van der Waals surface area contributed by atoms with Crippen molar-refractivity contribution in [1.82, 2.24) is 25.4 Å². The summed E-state index contributed by atoms with van der Waals surface area (Å²) in [6.45, 7) is 8.39. The van der Waals surface area contributed by atoms with Gasteiger partial charge in [0.05, 0.1) is 11.8 Å². The van der Waals surface area contributed by atoms with E-state index in [0.29, 0.717) is 29.0 Å². The maximum atomic E-state index is 12.5. The highest BCUT2D eigenvalue weighted by atomic mass is 32.2. The number of aromatic nitrogens is 3. The second-order valence-corrected chi connectivity index (χ2v) is 8.97. The van der Waals surface area contributed by atoms with E-state index in [2.05, 4.69) is 34.3 Å². The second-order valence-electron chi connectivity index (χ2n) is 8.03. The average molecular weight is 442 g/mol. The van der Waals surface area contributed by atoms with E-state index in [-0.39, 0.29) is 29.7 Å². The topological polar surface area (TPSA) is 88.9 Å². The van der Waals surface area contributed by atoms with Crippen LogP contribution in [0.15, 0.2) is 48.1 Å². The molecule has 1 aliphatic carbocycles. The molecule has 0 spiro atoms. The summed E-state index contributed by atoms with van der Waals surface area (Å²) in [4.78, 5) is 25.0. The van der Waals surface area contributed by atoms with Crippen molar-refractivity contribution in [3.8, 4) is 0 Å². The Bertz CT molecular complexity index is 899.